The van der Waals surface area contributed by atoms with E-state index in [1.165, 1.54) is 0 Å². The number of hydrogen-bond acceptors (Lipinski definition) is 7. The number of aromatic nitrogens is 7. The molecule has 4 aromatic heterocycles. The third-order valence-corrected chi connectivity index (χ3v) is 12.3. The molecule has 0 N–H and O–H groups in total. The number of nitrogens with zero attached hydrogens (tertiary/aromatic N) is 7. The number of furan rings is 1. The summed E-state index contributed by atoms with van der Waals surface area (Å²) in [7, 11) is 0. The summed E-state index contributed by atoms with van der Waals surface area (Å²) in [5.41, 5.74) is 12.3. The second-order valence-corrected chi connectivity index (χ2v) is 16.3. The molecule has 0 amide bonds. The van der Waals surface area contributed by atoms with E-state index in [1.54, 1.807) is 6.08 Å². The third kappa shape index (κ3) is 7.04. The van der Waals surface area contributed by atoms with Gasteiger partial charge in [-0.05, 0) is 78.7 Å². The fourth-order valence-electron chi connectivity index (χ4n) is 9.00. The van der Waals surface area contributed by atoms with Gasteiger partial charge in [0.1, 0.15) is 11.2 Å². The normalized spacial score (nSPS) is 11.8. The van der Waals surface area contributed by atoms with Crippen molar-refractivity contribution in [2.24, 2.45) is 0 Å². The van der Waals surface area contributed by atoms with Gasteiger partial charge in [-0.1, -0.05) is 152 Å². The molecule has 0 spiro atoms. The van der Waals surface area contributed by atoms with E-state index in [-0.39, 0.29) is 0 Å². The van der Waals surface area contributed by atoms with Crippen molar-refractivity contribution in [2.75, 3.05) is 0 Å². The second kappa shape index (κ2) is 16.4. The Labute approximate surface area is 386 Å². The van der Waals surface area contributed by atoms with Gasteiger partial charge in [0.2, 0.25) is 0 Å². The average molecular weight is 862 g/mol. The molecule has 67 heavy (non-hydrogen) atoms. The number of hydrogen-bond donors (Lipinski definition) is 0. The van der Waals surface area contributed by atoms with Crippen LogP contribution < -0.4 is 0 Å². The standard InChI is InChI=1S/C59H39N7O/c1-3-37(4-2)54-60-55(38-17-8-5-9-18-38)62-58(61-54)41-27-31-44(32-28-41)66-49-25-15-14-23-45(49)47-35-42(29-33-50(47)66)43-30-34-51-48(36-43)53-46(24-16-26-52(53)67-51)59-64-56(39-19-10-6-11-20-39)63-57(65-59)40-21-12-7-13-22-40/h3-36H,1H2,2H3/b37-4+. The van der Waals surface area contributed by atoms with Crippen molar-refractivity contribution in [3.8, 4) is 73.8 Å². The number of rotatable bonds is 9. The summed E-state index contributed by atoms with van der Waals surface area (Å²) in [6.07, 6.45) is 3.74. The number of fused-ring (bicyclic) bond motifs is 6. The smallest absolute Gasteiger partial charge is 0.164 e. The van der Waals surface area contributed by atoms with Crippen LogP contribution in [0.3, 0.4) is 0 Å². The summed E-state index contributed by atoms with van der Waals surface area (Å²) in [4.78, 5) is 29.7. The average Bonchev–Trinajstić information content (AvgIpc) is 3.95. The van der Waals surface area contributed by atoms with Crippen molar-refractivity contribution >= 4 is 49.3 Å². The molecule has 316 valence electrons. The molecular weight excluding hydrogens is 823 g/mol. The molecule has 0 saturated carbocycles. The lowest BCUT2D eigenvalue weighted by molar-refractivity contribution is 0.669. The Kier molecular flexibility index (Phi) is 9.68. The monoisotopic (exact) mass is 861 g/mol. The molecule has 4 heterocycles. The van der Waals surface area contributed by atoms with Crippen LogP contribution >= 0.6 is 0 Å². The van der Waals surface area contributed by atoms with Gasteiger partial charge in [0, 0.05) is 60.6 Å². The van der Waals surface area contributed by atoms with E-state index in [0.717, 1.165) is 93.9 Å². The molecule has 12 aromatic rings. The molecule has 0 fully saturated rings. The molecule has 0 unspecified atom stereocenters. The Hall–Kier alpha value is -9.14. The Morgan fingerprint density at radius 1 is 0.433 bits per heavy atom. The molecule has 0 aliphatic heterocycles. The molecule has 0 saturated heterocycles. The predicted octanol–water partition coefficient (Wildman–Crippen LogP) is 14.6. The summed E-state index contributed by atoms with van der Waals surface area (Å²) in [5, 5.41) is 4.26. The van der Waals surface area contributed by atoms with Crippen LogP contribution in [0.1, 0.15) is 12.7 Å². The minimum atomic E-state index is 0.583. The minimum Gasteiger partial charge on any atom is -0.456 e. The first kappa shape index (κ1) is 39.5. The van der Waals surface area contributed by atoms with Crippen LogP contribution in [0.4, 0.5) is 0 Å². The summed E-state index contributed by atoms with van der Waals surface area (Å²) >= 11 is 0. The summed E-state index contributed by atoms with van der Waals surface area (Å²) in [6.45, 7) is 5.96. The summed E-state index contributed by atoms with van der Waals surface area (Å²) in [6, 6.07) is 66.3. The van der Waals surface area contributed by atoms with Crippen LogP contribution in [-0.2, 0) is 0 Å². The highest BCUT2D eigenvalue weighted by molar-refractivity contribution is 6.14. The fraction of sp³-hybridized carbons (Fsp3) is 0.0169. The fourth-order valence-corrected chi connectivity index (χ4v) is 9.00. The van der Waals surface area contributed by atoms with Crippen molar-refractivity contribution in [1.82, 2.24) is 34.5 Å². The number of benzene rings is 8. The zero-order valence-electron chi connectivity index (χ0n) is 36.4. The molecule has 8 nitrogen and oxygen atoms in total. The first-order valence-corrected chi connectivity index (χ1v) is 22.2. The molecule has 0 aliphatic carbocycles. The van der Waals surface area contributed by atoms with Gasteiger partial charge in [-0.15, -0.1) is 0 Å². The van der Waals surface area contributed by atoms with Crippen molar-refractivity contribution in [3.63, 3.8) is 0 Å². The first-order valence-electron chi connectivity index (χ1n) is 22.2. The molecule has 0 radical (unpaired) electrons. The Morgan fingerprint density at radius 2 is 0.940 bits per heavy atom. The van der Waals surface area contributed by atoms with E-state index in [2.05, 4.69) is 102 Å². The summed E-state index contributed by atoms with van der Waals surface area (Å²) in [5.74, 6) is 3.60. The van der Waals surface area contributed by atoms with Crippen LogP contribution in [-0.4, -0.2) is 34.5 Å². The highest BCUT2D eigenvalue weighted by atomic mass is 16.3. The molecule has 8 heteroatoms. The van der Waals surface area contributed by atoms with Gasteiger partial charge in [0.25, 0.3) is 0 Å². The minimum absolute atomic E-state index is 0.583. The summed E-state index contributed by atoms with van der Waals surface area (Å²) < 4.78 is 8.84. The molecule has 8 aromatic carbocycles. The third-order valence-electron chi connectivity index (χ3n) is 12.3. The SMILES string of the molecule is C=C/C(=C\C)c1nc(-c2ccccc2)nc(-c2ccc(-n3c4ccccc4c4cc(-c5ccc6oc7cccc(-c8nc(-c9ccccc9)nc(-c9ccccc9)n8)c7c6c5)ccc43)cc2)n1. The molecular formula is C59H39N7O. The molecule has 12 rings (SSSR count). The maximum absolute atomic E-state index is 6.51. The van der Waals surface area contributed by atoms with Gasteiger partial charge in [-0.2, -0.15) is 0 Å². The van der Waals surface area contributed by atoms with Crippen LogP contribution in [0.2, 0.25) is 0 Å². The van der Waals surface area contributed by atoms with Gasteiger partial charge in [0.15, 0.2) is 34.9 Å². The van der Waals surface area contributed by atoms with Crippen LogP contribution in [0, 0.1) is 0 Å². The Morgan fingerprint density at radius 3 is 1.55 bits per heavy atom. The first-order chi connectivity index (χ1) is 33.1. The maximum Gasteiger partial charge on any atom is 0.164 e. The van der Waals surface area contributed by atoms with Gasteiger partial charge >= 0.3 is 0 Å². The van der Waals surface area contributed by atoms with Crippen molar-refractivity contribution in [1.29, 1.82) is 0 Å². The van der Waals surface area contributed by atoms with E-state index in [1.807, 2.05) is 116 Å². The largest absolute Gasteiger partial charge is 0.456 e. The van der Waals surface area contributed by atoms with E-state index in [4.69, 9.17) is 34.3 Å². The zero-order chi connectivity index (χ0) is 44.8. The number of para-hydroxylation sites is 1. The van der Waals surface area contributed by atoms with Gasteiger partial charge < -0.3 is 8.98 Å². The number of allylic oxidation sites excluding steroid dienone is 3. The highest BCUT2D eigenvalue weighted by Gasteiger charge is 2.20. The van der Waals surface area contributed by atoms with Gasteiger partial charge in [-0.3, -0.25) is 0 Å². The maximum atomic E-state index is 6.51. The lowest BCUT2D eigenvalue weighted by atomic mass is 9.99. The van der Waals surface area contributed by atoms with E-state index < -0.39 is 0 Å². The van der Waals surface area contributed by atoms with Crippen molar-refractivity contribution < 1.29 is 4.42 Å². The predicted molar refractivity (Wildman–Crippen MR) is 271 cm³/mol. The molecule has 0 atom stereocenters. The van der Waals surface area contributed by atoms with Crippen LogP contribution in [0.25, 0.3) is 123 Å². The quantitative estimate of drug-likeness (QED) is 0.133. The van der Waals surface area contributed by atoms with Gasteiger partial charge in [0.05, 0.1) is 11.0 Å². The van der Waals surface area contributed by atoms with E-state index in [9.17, 15) is 0 Å². The van der Waals surface area contributed by atoms with Gasteiger partial charge in [-0.25, -0.2) is 29.9 Å². The lowest BCUT2D eigenvalue weighted by Gasteiger charge is -2.11. The molecule has 0 bridgehead atoms. The van der Waals surface area contributed by atoms with Crippen LogP contribution in [0.15, 0.2) is 217 Å². The van der Waals surface area contributed by atoms with E-state index >= 15 is 0 Å². The van der Waals surface area contributed by atoms with Crippen molar-refractivity contribution in [3.05, 3.63) is 219 Å². The zero-order valence-corrected chi connectivity index (χ0v) is 36.4. The lowest BCUT2D eigenvalue weighted by Crippen LogP contribution is -2.02. The van der Waals surface area contributed by atoms with E-state index in [0.29, 0.717) is 34.9 Å². The Bertz CT molecular complexity index is 3820. The highest BCUT2D eigenvalue weighted by Crippen LogP contribution is 2.40. The Balaban J connectivity index is 0.950. The molecule has 0 aliphatic rings. The van der Waals surface area contributed by atoms with Crippen LogP contribution in [0.5, 0.6) is 0 Å². The second-order valence-electron chi connectivity index (χ2n) is 16.3. The topological polar surface area (TPSA) is 95.4 Å². The van der Waals surface area contributed by atoms with Crippen molar-refractivity contribution in [2.45, 2.75) is 6.92 Å².